The number of aromatic carboxylic acids is 1. The van der Waals surface area contributed by atoms with E-state index < -0.39 is 17.8 Å². The van der Waals surface area contributed by atoms with E-state index in [1.807, 2.05) is 36.4 Å². The van der Waals surface area contributed by atoms with Gasteiger partial charge in [0.1, 0.15) is 4.34 Å². The van der Waals surface area contributed by atoms with Gasteiger partial charge in [0.2, 0.25) is 0 Å². The lowest BCUT2D eigenvalue weighted by Crippen LogP contribution is -2.16. The number of nitrogens with one attached hydrogen (secondary N) is 2. The highest BCUT2D eigenvalue weighted by atomic mass is 35.5. The van der Waals surface area contributed by atoms with Crippen LogP contribution in [-0.2, 0) is 0 Å². The third-order valence-electron chi connectivity index (χ3n) is 4.35. The Morgan fingerprint density at radius 2 is 1.69 bits per heavy atom. The molecule has 0 fully saturated rings. The van der Waals surface area contributed by atoms with Gasteiger partial charge >= 0.3 is 5.97 Å². The van der Waals surface area contributed by atoms with Crippen LogP contribution >= 0.6 is 34.3 Å². The van der Waals surface area contributed by atoms with Gasteiger partial charge in [-0.3, -0.25) is 14.9 Å². The Balaban J connectivity index is 1.57. The smallest absolute Gasteiger partial charge is 0.337 e. The SMILES string of the molecule is O=C(Nc1ncc(Cl)s1)c1ccc(C(=O)O)c(NC(=O)c2ccc(-c3ccccc3)s2)c1. The molecule has 4 aromatic rings. The highest BCUT2D eigenvalue weighted by molar-refractivity contribution is 7.19. The normalized spacial score (nSPS) is 10.5. The van der Waals surface area contributed by atoms with Crippen LogP contribution in [0.3, 0.4) is 0 Å². The van der Waals surface area contributed by atoms with Gasteiger partial charge in [0, 0.05) is 10.4 Å². The molecule has 2 heterocycles. The maximum atomic E-state index is 12.8. The second-order valence-electron chi connectivity index (χ2n) is 6.47. The number of benzene rings is 2. The van der Waals surface area contributed by atoms with Gasteiger partial charge in [-0.2, -0.15) is 0 Å². The number of halogens is 1. The van der Waals surface area contributed by atoms with Crippen molar-refractivity contribution >= 4 is 62.9 Å². The van der Waals surface area contributed by atoms with Crippen LogP contribution in [0.1, 0.15) is 30.4 Å². The number of anilines is 2. The first kappa shape index (κ1) is 21.7. The summed E-state index contributed by atoms with van der Waals surface area (Å²) in [6.45, 7) is 0. The van der Waals surface area contributed by atoms with Crippen molar-refractivity contribution in [2.75, 3.05) is 10.6 Å². The van der Waals surface area contributed by atoms with E-state index in [0.29, 0.717) is 14.3 Å². The standard InChI is InChI=1S/C22H14ClN3O4S2/c23-18-11-24-22(32-18)26-19(27)13-6-7-14(21(29)30)15(10-13)25-20(28)17-9-8-16(31-17)12-4-2-1-3-5-12/h1-11H,(H,25,28)(H,29,30)(H,24,26,27). The molecule has 0 saturated carbocycles. The van der Waals surface area contributed by atoms with Crippen molar-refractivity contribution in [3.8, 4) is 10.4 Å². The quantitative estimate of drug-likeness (QED) is 0.324. The van der Waals surface area contributed by atoms with Crippen molar-refractivity contribution in [2.45, 2.75) is 0 Å². The summed E-state index contributed by atoms with van der Waals surface area (Å²) in [7, 11) is 0. The third kappa shape index (κ3) is 4.86. The molecule has 0 unspecified atom stereocenters. The third-order valence-corrected chi connectivity index (χ3v) is 6.51. The molecule has 2 aromatic carbocycles. The van der Waals surface area contributed by atoms with Crippen molar-refractivity contribution in [3.05, 3.63) is 87.2 Å². The van der Waals surface area contributed by atoms with E-state index in [0.717, 1.165) is 21.8 Å². The molecule has 4 rings (SSSR count). The molecule has 10 heteroatoms. The molecule has 7 nitrogen and oxygen atoms in total. The molecule has 2 aromatic heterocycles. The maximum absolute atomic E-state index is 12.8. The van der Waals surface area contributed by atoms with Crippen LogP contribution in [0.2, 0.25) is 4.34 Å². The highest BCUT2D eigenvalue weighted by Gasteiger charge is 2.18. The van der Waals surface area contributed by atoms with E-state index in [1.54, 1.807) is 6.07 Å². The van der Waals surface area contributed by atoms with Crippen LogP contribution < -0.4 is 10.6 Å². The minimum atomic E-state index is -1.23. The van der Waals surface area contributed by atoms with Gasteiger partial charge in [0.25, 0.3) is 11.8 Å². The molecule has 3 N–H and O–H groups in total. The van der Waals surface area contributed by atoms with E-state index in [-0.39, 0.29) is 16.8 Å². The number of hydrogen-bond donors (Lipinski definition) is 3. The monoisotopic (exact) mass is 483 g/mol. The van der Waals surface area contributed by atoms with Crippen LogP contribution in [0.15, 0.2) is 66.9 Å². The lowest BCUT2D eigenvalue weighted by atomic mass is 10.1. The number of nitrogens with zero attached hydrogens (tertiary/aromatic N) is 1. The van der Waals surface area contributed by atoms with Crippen molar-refractivity contribution in [1.82, 2.24) is 4.98 Å². The van der Waals surface area contributed by atoms with E-state index in [2.05, 4.69) is 15.6 Å². The van der Waals surface area contributed by atoms with E-state index in [1.165, 1.54) is 35.7 Å². The topological polar surface area (TPSA) is 108 Å². The van der Waals surface area contributed by atoms with Crippen LogP contribution in [0, 0.1) is 0 Å². The second kappa shape index (κ2) is 9.31. The van der Waals surface area contributed by atoms with Gasteiger partial charge in [0.05, 0.1) is 22.3 Å². The molecule has 0 spiro atoms. The largest absolute Gasteiger partial charge is 0.478 e. The molecule has 0 aliphatic heterocycles. The predicted molar refractivity (Wildman–Crippen MR) is 126 cm³/mol. The Bertz CT molecular complexity index is 1320. The van der Waals surface area contributed by atoms with Crippen molar-refractivity contribution in [1.29, 1.82) is 0 Å². The molecule has 0 aliphatic rings. The minimum Gasteiger partial charge on any atom is -0.478 e. The molecule has 0 atom stereocenters. The summed E-state index contributed by atoms with van der Waals surface area (Å²) in [4.78, 5) is 42.2. The number of rotatable bonds is 6. The zero-order valence-electron chi connectivity index (χ0n) is 16.2. The first-order chi connectivity index (χ1) is 15.4. The molecule has 32 heavy (non-hydrogen) atoms. The average Bonchev–Trinajstić information content (AvgIpc) is 3.43. The number of carbonyl (C=O) groups is 3. The first-order valence-corrected chi connectivity index (χ1v) is 11.2. The summed E-state index contributed by atoms with van der Waals surface area (Å²) in [6, 6.07) is 17.0. The van der Waals surface area contributed by atoms with Crippen LogP contribution in [0.5, 0.6) is 0 Å². The molecular weight excluding hydrogens is 470 g/mol. The van der Waals surface area contributed by atoms with Gasteiger partial charge in [-0.1, -0.05) is 53.3 Å². The Labute approximate surface area is 195 Å². The Kier molecular flexibility index (Phi) is 6.31. The van der Waals surface area contributed by atoms with Gasteiger partial charge in [-0.15, -0.1) is 11.3 Å². The second-order valence-corrected chi connectivity index (χ2v) is 9.22. The van der Waals surface area contributed by atoms with Crippen LogP contribution in [0.25, 0.3) is 10.4 Å². The summed E-state index contributed by atoms with van der Waals surface area (Å²) in [6.07, 6.45) is 1.41. The summed E-state index contributed by atoms with van der Waals surface area (Å²) in [5.74, 6) is -2.20. The van der Waals surface area contributed by atoms with Crippen LogP contribution in [0.4, 0.5) is 10.8 Å². The Hall–Kier alpha value is -3.53. The number of thiophene rings is 1. The Morgan fingerprint density at radius 1 is 0.906 bits per heavy atom. The van der Waals surface area contributed by atoms with Gasteiger partial charge in [-0.05, 0) is 35.9 Å². The highest BCUT2D eigenvalue weighted by Crippen LogP contribution is 2.29. The number of aromatic nitrogens is 1. The van der Waals surface area contributed by atoms with E-state index in [4.69, 9.17) is 11.6 Å². The molecule has 0 saturated heterocycles. The fourth-order valence-electron chi connectivity index (χ4n) is 2.86. The molecule has 2 amide bonds. The first-order valence-electron chi connectivity index (χ1n) is 9.17. The minimum absolute atomic E-state index is 0.0157. The number of carboxylic acids is 1. The lowest BCUT2D eigenvalue weighted by molar-refractivity contribution is 0.0697. The maximum Gasteiger partial charge on any atom is 0.337 e. The van der Waals surface area contributed by atoms with Crippen molar-refractivity contribution in [2.24, 2.45) is 0 Å². The average molecular weight is 484 g/mol. The molecule has 0 aliphatic carbocycles. The van der Waals surface area contributed by atoms with E-state index in [9.17, 15) is 19.5 Å². The fraction of sp³-hybridized carbons (Fsp3) is 0. The summed E-state index contributed by atoms with van der Waals surface area (Å²) in [5.41, 5.74) is 1.02. The van der Waals surface area contributed by atoms with Crippen LogP contribution in [-0.4, -0.2) is 27.9 Å². The number of amides is 2. The zero-order chi connectivity index (χ0) is 22.7. The number of carboxylic acid groups (broad SMARTS) is 1. The lowest BCUT2D eigenvalue weighted by Gasteiger charge is -2.10. The predicted octanol–water partition coefficient (Wildman–Crippen LogP) is 5.73. The van der Waals surface area contributed by atoms with Crippen molar-refractivity contribution < 1.29 is 19.5 Å². The summed E-state index contributed by atoms with van der Waals surface area (Å²) in [5, 5.41) is 15.0. The van der Waals surface area contributed by atoms with Gasteiger partial charge in [-0.25, -0.2) is 9.78 Å². The van der Waals surface area contributed by atoms with Gasteiger partial charge in [0.15, 0.2) is 5.13 Å². The number of hydrogen-bond acceptors (Lipinski definition) is 6. The summed E-state index contributed by atoms with van der Waals surface area (Å²) < 4.78 is 0.417. The molecule has 160 valence electrons. The molecule has 0 bridgehead atoms. The van der Waals surface area contributed by atoms with Gasteiger partial charge < -0.3 is 10.4 Å². The number of thiazole rings is 1. The fourth-order valence-corrected chi connectivity index (χ4v) is 4.57. The van der Waals surface area contributed by atoms with Crippen molar-refractivity contribution in [3.63, 3.8) is 0 Å². The number of carbonyl (C=O) groups excluding carboxylic acids is 2. The Morgan fingerprint density at radius 3 is 2.38 bits per heavy atom. The summed E-state index contributed by atoms with van der Waals surface area (Å²) >= 11 is 8.20. The molecule has 0 radical (unpaired) electrons. The zero-order valence-corrected chi connectivity index (χ0v) is 18.6. The van der Waals surface area contributed by atoms with E-state index >= 15 is 0 Å². The molecular formula is C22H14ClN3O4S2.